The average Bonchev–Trinajstić information content (AvgIpc) is 2.02. The Morgan fingerprint density at radius 1 is 1.36 bits per heavy atom. The summed E-state index contributed by atoms with van der Waals surface area (Å²) < 4.78 is 24.9. The van der Waals surface area contributed by atoms with Crippen LogP contribution in [-0.4, -0.2) is 13.5 Å². The van der Waals surface area contributed by atoms with Gasteiger partial charge in [0.15, 0.2) is 5.11 Å². The molecule has 0 aliphatic heterocycles. The Morgan fingerprint density at radius 3 is 2.29 bits per heavy atom. The predicted octanol–water partition coefficient (Wildman–Crippen LogP) is 0.862. The molecule has 76 valence electrons. The fourth-order valence-electron chi connectivity index (χ4n) is 0.805. The number of halogens is 1. The summed E-state index contributed by atoms with van der Waals surface area (Å²) in [6.45, 7) is 0. The summed E-state index contributed by atoms with van der Waals surface area (Å²) in [6.07, 6.45) is 0. The van der Waals surface area contributed by atoms with E-state index in [0.717, 1.165) is 0 Å². The van der Waals surface area contributed by atoms with Crippen LogP contribution in [0, 0.1) is 0 Å². The van der Waals surface area contributed by atoms with Gasteiger partial charge in [-0.15, -0.1) is 0 Å². The van der Waals surface area contributed by atoms with Gasteiger partial charge in [-0.2, -0.15) is 0 Å². The van der Waals surface area contributed by atoms with E-state index in [1.54, 1.807) is 0 Å². The highest BCUT2D eigenvalue weighted by atomic mass is 35.5. The molecule has 1 rings (SSSR count). The molecule has 3 N–H and O–H groups in total. The standard InChI is InChI=1S/C7H7ClN2O2S2/c8-5-1-3-6(4-2-5)14(11,12)10-7(9)13/h1-4H,(H3,9,10,13). The normalized spacial score (nSPS) is 10.9. The molecule has 7 heteroatoms. The van der Waals surface area contributed by atoms with Gasteiger partial charge in [-0.1, -0.05) is 11.6 Å². The van der Waals surface area contributed by atoms with Crippen LogP contribution < -0.4 is 10.5 Å². The Morgan fingerprint density at radius 2 is 1.86 bits per heavy atom. The maximum Gasteiger partial charge on any atom is 0.263 e. The molecule has 0 radical (unpaired) electrons. The third kappa shape index (κ3) is 2.83. The number of benzene rings is 1. The first kappa shape index (κ1) is 11.2. The molecule has 4 nitrogen and oxygen atoms in total. The van der Waals surface area contributed by atoms with Crippen molar-refractivity contribution in [3.8, 4) is 0 Å². The van der Waals surface area contributed by atoms with Crippen LogP contribution in [0.2, 0.25) is 5.02 Å². The van der Waals surface area contributed by atoms with Crippen LogP contribution in [0.15, 0.2) is 29.2 Å². The van der Waals surface area contributed by atoms with Gasteiger partial charge in [-0.3, -0.25) is 4.72 Å². The smallest absolute Gasteiger partial charge is 0.263 e. The second kappa shape index (κ2) is 4.12. The number of rotatable bonds is 2. The summed E-state index contributed by atoms with van der Waals surface area (Å²) >= 11 is 10.0. The van der Waals surface area contributed by atoms with Crippen LogP contribution in [-0.2, 0) is 10.0 Å². The molecule has 0 unspecified atom stereocenters. The lowest BCUT2D eigenvalue weighted by molar-refractivity contribution is 0.592. The highest BCUT2D eigenvalue weighted by Gasteiger charge is 2.13. The van der Waals surface area contributed by atoms with Gasteiger partial charge in [-0.25, -0.2) is 8.42 Å². The molecule has 0 atom stereocenters. The highest BCUT2D eigenvalue weighted by molar-refractivity contribution is 7.91. The van der Waals surface area contributed by atoms with E-state index in [1.165, 1.54) is 24.3 Å². The Bertz CT molecular complexity index is 441. The maximum atomic E-state index is 11.4. The molecule has 0 amide bonds. The molecular weight excluding hydrogens is 244 g/mol. The minimum absolute atomic E-state index is 0.0645. The van der Waals surface area contributed by atoms with Crippen molar-refractivity contribution in [1.82, 2.24) is 4.72 Å². The summed E-state index contributed by atoms with van der Waals surface area (Å²) in [6, 6.07) is 5.66. The predicted molar refractivity (Wildman–Crippen MR) is 58.6 cm³/mol. The first-order valence-electron chi connectivity index (χ1n) is 3.49. The van der Waals surface area contributed by atoms with Crippen molar-refractivity contribution >= 4 is 39.0 Å². The summed E-state index contributed by atoms with van der Waals surface area (Å²) in [5.41, 5.74) is 5.06. The van der Waals surface area contributed by atoms with Crippen molar-refractivity contribution in [1.29, 1.82) is 0 Å². The summed E-state index contributed by atoms with van der Waals surface area (Å²) in [7, 11) is -3.65. The van der Waals surface area contributed by atoms with Crippen LogP contribution in [0.25, 0.3) is 0 Å². The quantitative estimate of drug-likeness (QED) is 0.764. The Kier molecular flexibility index (Phi) is 3.30. The minimum Gasteiger partial charge on any atom is -0.376 e. The lowest BCUT2D eigenvalue weighted by Gasteiger charge is -2.05. The zero-order valence-corrected chi connectivity index (χ0v) is 9.29. The molecule has 14 heavy (non-hydrogen) atoms. The Balaban J connectivity index is 3.05. The largest absolute Gasteiger partial charge is 0.376 e. The van der Waals surface area contributed by atoms with Gasteiger partial charge in [-0.05, 0) is 36.5 Å². The highest BCUT2D eigenvalue weighted by Crippen LogP contribution is 2.13. The molecule has 0 aliphatic carbocycles. The van der Waals surface area contributed by atoms with Gasteiger partial charge in [0.25, 0.3) is 10.0 Å². The van der Waals surface area contributed by atoms with Gasteiger partial charge in [0.05, 0.1) is 4.90 Å². The van der Waals surface area contributed by atoms with E-state index in [2.05, 4.69) is 12.2 Å². The third-order valence-electron chi connectivity index (χ3n) is 1.36. The molecule has 1 aromatic carbocycles. The van der Waals surface area contributed by atoms with E-state index in [0.29, 0.717) is 5.02 Å². The lowest BCUT2D eigenvalue weighted by atomic mass is 10.4. The van der Waals surface area contributed by atoms with Gasteiger partial charge < -0.3 is 5.73 Å². The van der Waals surface area contributed by atoms with Gasteiger partial charge in [0.1, 0.15) is 0 Å². The fourth-order valence-corrected chi connectivity index (χ4v) is 2.14. The maximum absolute atomic E-state index is 11.4. The van der Waals surface area contributed by atoms with Crippen LogP contribution in [0.3, 0.4) is 0 Å². The molecule has 0 bridgehead atoms. The number of nitrogens with one attached hydrogen (secondary N) is 1. The van der Waals surface area contributed by atoms with Crippen LogP contribution in [0.5, 0.6) is 0 Å². The summed E-state index contributed by atoms with van der Waals surface area (Å²) in [5, 5.41) is 0.166. The van der Waals surface area contributed by atoms with Crippen LogP contribution in [0.4, 0.5) is 0 Å². The number of nitrogens with two attached hydrogens (primary N) is 1. The molecule has 0 heterocycles. The van der Waals surface area contributed by atoms with Crippen molar-refractivity contribution in [3.63, 3.8) is 0 Å². The van der Waals surface area contributed by atoms with Gasteiger partial charge in [0, 0.05) is 5.02 Å². The topological polar surface area (TPSA) is 72.2 Å². The molecule has 0 aliphatic rings. The van der Waals surface area contributed by atoms with E-state index in [4.69, 9.17) is 17.3 Å². The molecule has 0 saturated carbocycles. The Labute approximate surface area is 92.1 Å². The summed E-state index contributed by atoms with van der Waals surface area (Å²) in [5.74, 6) is 0. The zero-order valence-electron chi connectivity index (χ0n) is 6.90. The van der Waals surface area contributed by atoms with E-state index in [1.807, 2.05) is 4.72 Å². The van der Waals surface area contributed by atoms with Gasteiger partial charge in [0.2, 0.25) is 0 Å². The van der Waals surface area contributed by atoms with Crippen LogP contribution >= 0.6 is 23.8 Å². The molecule has 0 aromatic heterocycles. The number of hydrogen-bond acceptors (Lipinski definition) is 3. The number of thiocarbonyl (C=S) groups is 1. The molecule has 1 aromatic rings. The van der Waals surface area contributed by atoms with E-state index >= 15 is 0 Å². The van der Waals surface area contributed by atoms with Crippen molar-refractivity contribution in [2.75, 3.05) is 0 Å². The van der Waals surface area contributed by atoms with Crippen molar-refractivity contribution in [2.45, 2.75) is 4.90 Å². The average molecular weight is 251 g/mol. The van der Waals surface area contributed by atoms with Crippen molar-refractivity contribution in [2.24, 2.45) is 5.73 Å². The second-order valence-electron chi connectivity index (χ2n) is 2.42. The van der Waals surface area contributed by atoms with Crippen LogP contribution in [0.1, 0.15) is 0 Å². The molecule has 0 fully saturated rings. The zero-order chi connectivity index (χ0) is 10.8. The number of sulfonamides is 1. The van der Waals surface area contributed by atoms with E-state index < -0.39 is 10.0 Å². The van der Waals surface area contributed by atoms with Crippen molar-refractivity contribution < 1.29 is 8.42 Å². The lowest BCUT2D eigenvalue weighted by Crippen LogP contribution is -2.34. The first-order chi connectivity index (χ1) is 6.42. The second-order valence-corrected chi connectivity index (χ2v) is 4.98. The Hall–Kier alpha value is -0.850. The monoisotopic (exact) mass is 250 g/mol. The third-order valence-corrected chi connectivity index (χ3v) is 3.22. The van der Waals surface area contributed by atoms with E-state index in [9.17, 15) is 8.42 Å². The first-order valence-corrected chi connectivity index (χ1v) is 5.76. The SMILES string of the molecule is NC(=S)NS(=O)(=O)c1ccc(Cl)cc1. The molecule has 0 spiro atoms. The minimum atomic E-state index is -3.65. The van der Waals surface area contributed by atoms with E-state index in [-0.39, 0.29) is 10.0 Å². The molecular formula is C7H7ClN2O2S2. The van der Waals surface area contributed by atoms with Crippen molar-refractivity contribution in [3.05, 3.63) is 29.3 Å². The molecule has 0 saturated heterocycles. The van der Waals surface area contributed by atoms with Gasteiger partial charge >= 0.3 is 0 Å². The number of hydrogen-bond donors (Lipinski definition) is 2. The summed E-state index contributed by atoms with van der Waals surface area (Å²) in [4.78, 5) is 0.0645. The fraction of sp³-hybridized carbons (Fsp3) is 0.